The Bertz CT molecular complexity index is 3080. The zero-order valence-electron chi connectivity index (χ0n) is 42.4. The summed E-state index contributed by atoms with van der Waals surface area (Å²) in [7, 11) is 0. The molecule has 4 aromatic rings. The van der Waals surface area contributed by atoms with Crippen molar-refractivity contribution in [2.45, 2.75) is 120 Å². The van der Waals surface area contributed by atoms with Gasteiger partial charge in [-0.15, -0.1) is 10.2 Å². The number of aliphatic hydroxyl groups is 2. The van der Waals surface area contributed by atoms with Crippen LogP contribution < -0.4 is 5.32 Å². The minimum Gasteiger partial charge on any atom is -0.458 e. The van der Waals surface area contributed by atoms with E-state index in [1.54, 1.807) is 54.6 Å². The van der Waals surface area contributed by atoms with E-state index in [2.05, 4.69) is 15.5 Å². The van der Waals surface area contributed by atoms with Gasteiger partial charge in [-0.3, -0.25) is 19.2 Å². The molecule has 1 amide bonds. The Morgan fingerprint density at radius 3 is 1.84 bits per heavy atom. The molecule has 2 aliphatic heterocycles. The highest BCUT2D eigenvalue weighted by Crippen LogP contribution is 2.65. The summed E-state index contributed by atoms with van der Waals surface area (Å²) in [6, 6.07) is 26.3. The van der Waals surface area contributed by atoms with Crippen LogP contribution in [0.3, 0.4) is 0 Å². The van der Waals surface area contributed by atoms with Crippen molar-refractivity contribution < 1.29 is 85.4 Å². The van der Waals surface area contributed by atoms with Crippen LogP contribution in [0.2, 0.25) is 0 Å². The monoisotopic (exact) mass is 1070 g/mol. The maximum Gasteiger partial charge on any atom is 0.442 e. The number of alkyl halides is 3. The van der Waals surface area contributed by atoms with Gasteiger partial charge in [0.2, 0.25) is 0 Å². The van der Waals surface area contributed by atoms with Gasteiger partial charge in [-0.25, -0.2) is 14.4 Å². The Hall–Kier alpha value is -7.62. The molecule has 0 unspecified atom stereocenters. The summed E-state index contributed by atoms with van der Waals surface area (Å²) in [6.45, 7) is 7.36. The summed E-state index contributed by atoms with van der Waals surface area (Å²) in [6.07, 6.45) is -16.8. The quantitative estimate of drug-likeness (QED) is 0.0709. The predicted octanol–water partition coefficient (Wildman–Crippen LogP) is 6.78. The SMILES string of the molecule is CC(=O)O[C@H]1C(=O)[C@]2(C)[C@@H](OC(=O)c3ccc(C4(C(F)(F)F)N=N4)cc3)C[C@H]3OC[C@@]3(OC(C)=O)[C@H]2[C@H](OC(=O)c2ccccc2)[C@]2(O)C[C@H](OC(=O)[C@H](O)[C@@H](NC(=O)c3ccccc3)c3ccccc3)C(C)=C1C2(C)C. The van der Waals surface area contributed by atoms with E-state index in [0.717, 1.165) is 38.1 Å². The molecule has 1 saturated heterocycles. The molecule has 3 N–H and O–H groups in total. The zero-order valence-corrected chi connectivity index (χ0v) is 42.4. The van der Waals surface area contributed by atoms with Crippen molar-refractivity contribution in [3.8, 4) is 0 Å². The fourth-order valence-electron chi connectivity index (χ4n) is 11.8. The number of nitrogens with zero attached hydrogens (tertiary/aromatic N) is 2. The molecule has 2 heterocycles. The van der Waals surface area contributed by atoms with Gasteiger partial charge in [0.05, 0.1) is 35.1 Å². The minimum absolute atomic E-state index is 0.0376. The number of ketones is 1. The van der Waals surface area contributed by atoms with Gasteiger partial charge in [-0.2, -0.15) is 13.2 Å². The maximum absolute atomic E-state index is 16.3. The van der Waals surface area contributed by atoms with Gasteiger partial charge >= 0.3 is 41.7 Å². The highest BCUT2D eigenvalue weighted by Gasteiger charge is 2.79. The van der Waals surface area contributed by atoms with E-state index < -0.39 is 149 Å². The Labute approximate surface area is 438 Å². The molecule has 5 aliphatic rings. The molecule has 9 rings (SSSR count). The Morgan fingerprint density at radius 1 is 0.753 bits per heavy atom. The van der Waals surface area contributed by atoms with Crippen LogP contribution in [0.1, 0.15) is 103 Å². The van der Waals surface area contributed by atoms with Gasteiger partial charge in [0.15, 0.2) is 23.6 Å². The first-order valence-corrected chi connectivity index (χ1v) is 24.6. The van der Waals surface area contributed by atoms with E-state index in [1.807, 2.05) is 0 Å². The van der Waals surface area contributed by atoms with Crippen LogP contribution in [-0.2, 0) is 53.3 Å². The number of aliphatic hydroxyl groups excluding tert-OH is 1. The van der Waals surface area contributed by atoms with Gasteiger partial charge < -0.3 is 44.0 Å². The lowest BCUT2D eigenvalue weighted by Crippen LogP contribution is -2.82. The highest BCUT2D eigenvalue weighted by molar-refractivity contribution is 5.97. The second-order valence-corrected chi connectivity index (χ2v) is 20.7. The predicted molar refractivity (Wildman–Crippen MR) is 260 cm³/mol. The summed E-state index contributed by atoms with van der Waals surface area (Å²) in [5.74, 6) is -8.90. The molecule has 3 fully saturated rings. The molecule has 2 bridgehead atoms. The second kappa shape index (κ2) is 19.7. The maximum atomic E-state index is 16.3. The third-order valence-electron chi connectivity index (χ3n) is 15.9. The average molecular weight is 1070 g/mol. The van der Waals surface area contributed by atoms with Gasteiger partial charge in [-0.05, 0) is 67.0 Å². The number of carbonyl (C=O) groups excluding carboxylic acids is 7. The fraction of sp³-hybridized carbons (Fsp3) is 0.411. The summed E-state index contributed by atoms with van der Waals surface area (Å²) in [4.78, 5) is 100. The van der Waals surface area contributed by atoms with Crippen LogP contribution in [0.5, 0.6) is 0 Å². The van der Waals surface area contributed by atoms with Crippen molar-refractivity contribution in [2.75, 3.05) is 6.61 Å². The van der Waals surface area contributed by atoms with Crippen molar-refractivity contribution in [3.05, 3.63) is 154 Å². The van der Waals surface area contributed by atoms with Crippen molar-refractivity contribution in [1.82, 2.24) is 5.32 Å². The van der Waals surface area contributed by atoms with Crippen molar-refractivity contribution >= 4 is 41.5 Å². The first-order chi connectivity index (χ1) is 36.3. The first kappa shape index (κ1) is 54.2. The molecule has 18 nitrogen and oxygen atoms in total. The van der Waals surface area contributed by atoms with Gasteiger partial charge in [-0.1, -0.05) is 92.7 Å². The van der Waals surface area contributed by atoms with Gasteiger partial charge in [0.1, 0.15) is 30.0 Å². The molecular weight excluding hydrogens is 1010 g/mol. The summed E-state index contributed by atoms with van der Waals surface area (Å²) < 4.78 is 78.9. The van der Waals surface area contributed by atoms with Crippen LogP contribution in [0, 0.1) is 16.7 Å². The Morgan fingerprint density at radius 2 is 1.31 bits per heavy atom. The molecule has 404 valence electrons. The Balaban J connectivity index is 1.19. The normalized spacial score (nSPS) is 29.3. The van der Waals surface area contributed by atoms with Crippen molar-refractivity contribution in [3.63, 3.8) is 0 Å². The topological polar surface area (TPSA) is 252 Å². The summed E-state index contributed by atoms with van der Waals surface area (Å²) in [5, 5.41) is 35.1. The lowest BCUT2D eigenvalue weighted by Gasteiger charge is -2.67. The number of ether oxygens (including phenoxy) is 6. The summed E-state index contributed by atoms with van der Waals surface area (Å²) in [5.41, 5.74) is -11.9. The van der Waals surface area contributed by atoms with Crippen LogP contribution in [-0.4, -0.2) is 112 Å². The average Bonchev–Trinajstić information content (AvgIpc) is 4.35. The van der Waals surface area contributed by atoms with Gasteiger partial charge in [0.25, 0.3) is 5.91 Å². The molecule has 0 radical (unpaired) electrons. The van der Waals surface area contributed by atoms with Crippen LogP contribution in [0.25, 0.3) is 0 Å². The third-order valence-corrected chi connectivity index (χ3v) is 15.9. The van der Waals surface area contributed by atoms with Crippen LogP contribution in [0.15, 0.2) is 137 Å². The number of amides is 1. The van der Waals surface area contributed by atoms with E-state index in [4.69, 9.17) is 28.4 Å². The Kier molecular flexibility index (Phi) is 13.9. The summed E-state index contributed by atoms with van der Waals surface area (Å²) >= 11 is 0. The van der Waals surface area contributed by atoms with Crippen molar-refractivity contribution in [1.29, 1.82) is 0 Å². The number of carbonyl (C=O) groups is 7. The van der Waals surface area contributed by atoms with Crippen molar-refractivity contribution in [2.24, 2.45) is 27.0 Å². The number of hydrogen-bond donors (Lipinski definition) is 3. The standard InChI is InChI=1S/C56H54F3N3O15/c1-29-37(74-50(70)42(65)41(32-16-10-7-11-17-32)60-47(67)33-18-12-8-13-19-33)27-54(71)46(76-49(69)34-20-14-9-15-21-34)44-52(6,45(66)43(73-30(2)63)40(29)51(54,4)5)38(26-39-53(44,28-72-39)77-31(3)64)75-48(68)35-22-24-36(25-23-35)55(61-62-55)56(57,58)59/h7-25,37-39,41-44,46,65,71H,26-28H2,1-6H3,(H,60,67)/t37-,38-,39+,41-,42+,43+,44-,46-,52+,53-,54+/m0/s1. The largest absolute Gasteiger partial charge is 0.458 e. The fourth-order valence-corrected chi connectivity index (χ4v) is 11.8. The van der Waals surface area contributed by atoms with E-state index in [-0.39, 0.29) is 27.8 Å². The second-order valence-electron chi connectivity index (χ2n) is 20.7. The third kappa shape index (κ3) is 9.16. The smallest absolute Gasteiger partial charge is 0.442 e. The first-order valence-electron chi connectivity index (χ1n) is 24.6. The number of nitrogens with one attached hydrogen (secondary N) is 1. The van der Waals surface area contributed by atoms with E-state index in [0.29, 0.717) is 5.56 Å². The van der Waals surface area contributed by atoms with E-state index >= 15 is 4.79 Å². The molecule has 0 spiro atoms. The lowest BCUT2D eigenvalue weighted by molar-refractivity contribution is -0.345. The molecule has 21 heteroatoms. The molecule has 11 atom stereocenters. The van der Waals surface area contributed by atoms with Crippen LogP contribution >= 0.6 is 0 Å². The number of halogens is 3. The number of Topliss-reactive ketones (excluding diaryl/α,β-unsaturated/α-hetero) is 1. The number of benzene rings is 4. The molecular formula is C56H54F3N3O15. The minimum atomic E-state index is -4.88. The van der Waals surface area contributed by atoms with E-state index in [1.165, 1.54) is 64.1 Å². The zero-order chi connectivity index (χ0) is 55.6. The van der Waals surface area contributed by atoms with E-state index in [9.17, 15) is 52.2 Å². The lowest BCUT2D eigenvalue weighted by atomic mass is 9.44. The molecule has 2 saturated carbocycles. The number of esters is 5. The highest BCUT2D eigenvalue weighted by atomic mass is 19.4. The number of hydrogen-bond acceptors (Lipinski definition) is 17. The molecule has 3 aliphatic carbocycles. The molecule has 0 aromatic heterocycles. The molecule has 77 heavy (non-hydrogen) atoms. The number of rotatable bonds is 13. The van der Waals surface area contributed by atoms with Gasteiger partial charge in [0, 0.05) is 43.2 Å². The number of fused-ring (bicyclic) bond motifs is 5. The molecule has 4 aromatic carbocycles. The van der Waals surface area contributed by atoms with Crippen LogP contribution in [0.4, 0.5) is 13.2 Å².